The van der Waals surface area contributed by atoms with Gasteiger partial charge in [0.05, 0.1) is 5.69 Å². The second-order valence-electron chi connectivity index (χ2n) is 3.22. The normalized spacial score (nSPS) is 13.1. The molecule has 1 aliphatic rings. The van der Waals surface area contributed by atoms with Gasteiger partial charge in [0.1, 0.15) is 0 Å². The van der Waals surface area contributed by atoms with Gasteiger partial charge in [0.2, 0.25) is 0 Å². The molecule has 88 valence electrons. The van der Waals surface area contributed by atoms with E-state index < -0.39 is 0 Å². The van der Waals surface area contributed by atoms with Gasteiger partial charge in [-0.25, -0.2) is 0 Å². The van der Waals surface area contributed by atoms with E-state index in [1.165, 1.54) is 30.6 Å². The number of hydrogen-bond donors (Lipinski definition) is 0. The third-order valence-corrected chi connectivity index (χ3v) is 3.45. The summed E-state index contributed by atoms with van der Waals surface area (Å²) in [7, 11) is 2.19. The highest BCUT2D eigenvalue weighted by Gasteiger charge is 2.16. The van der Waals surface area contributed by atoms with Crippen LogP contribution in [0.3, 0.4) is 0 Å². The summed E-state index contributed by atoms with van der Waals surface area (Å²) in [5.74, 6) is 0. The minimum Gasteiger partial charge on any atom is -0.373 e. The van der Waals surface area contributed by atoms with Gasteiger partial charge in [-0.05, 0) is 30.7 Å². The number of hydrogen-bond acceptors (Lipinski definition) is 2. The van der Waals surface area contributed by atoms with Crippen LogP contribution in [0, 0.1) is 6.92 Å². The lowest BCUT2D eigenvalue weighted by Gasteiger charge is -2.25. The molecule has 0 aliphatic carbocycles. The van der Waals surface area contributed by atoms with Gasteiger partial charge in [-0.3, -0.25) is 0 Å². The second-order valence-corrected chi connectivity index (χ2v) is 4.18. The molecule has 1 nitrogen and oxygen atoms in total. The Morgan fingerprint density at radius 2 is 1.80 bits per heavy atom. The van der Waals surface area contributed by atoms with Gasteiger partial charge in [0.25, 0.3) is 0 Å². The zero-order valence-electron chi connectivity index (χ0n) is 11.1. The zero-order valence-corrected chi connectivity index (χ0v) is 11.9. The van der Waals surface area contributed by atoms with Crippen LogP contribution in [-0.4, -0.2) is 13.6 Å². The predicted molar refractivity (Wildman–Crippen MR) is 73.3 cm³/mol. The Hall–Kier alpha value is -0.500. The highest BCUT2D eigenvalue weighted by molar-refractivity contribution is 7.10. The van der Waals surface area contributed by atoms with Crippen LogP contribution in [0.2, 0.25) is 0 Å². The van der Waals surface area contributed by atoms with E-state index in [1.807, 2.05) is 39.0 Å². The third-order valence-electron chi connectivity index (χ3n) is 2.29. The number of anilines is 1. The summed E-state index contributed by atoms with van der Waals surface area (Å²) >= 11 is 1.91. The fourth-order valence-corrected chi connectivity index (χ4v) is 2.89. The molecule has 0 radical (unpaired) electrons. The van der Waals surface area contributed by atoms with Crippen molar-refractivity contribution < 1.29 is 0 Å². The summed E-state index contributed by atoms with van der Waals surface area (Å²) < 4.78 is 0. The first kappa shape index (κ1) is 14.5. The van der Waals surface area contributed by atoms with Gasteiger partial charge < -0.3 is 4.90 Å². The molecule has 0 amide bonds. The Morgan fingerprint density at radius 3 is 2.33 bits per heavy atom. The van der Waals surface area contributed by atoms with E-state index in [1.54, 1.807) is 4.88 Å². The largest absolute Gasteiger partial charge is 0.373 e. The molecule has 1 aromatic rings. The minimum atomic E-state index is 1.23. The van der Waals surface area contributed by atoms with E-state index in [0.717, 1.165) is 0 Å². The lowest BCUT2D eigenvalue weighted by atomic mass is 10.1. The standard InChI is InChI=1S/C9H13NS.2C2H6/c1-7-6-11-8-4-3-5-10(2)9(7)8;2*1-2/h6H,3-5H2,1-2H3;2*1-2H3. The molecular formula is C13H25NS. The van der Waals surface area contributed by atoms with Crippen molar-refractivity contribution in [3.63, 3.8) is 0 Å². The smallest absolute Gasteiger partial charge is 0.0534 e. The van der Waals surface area contributed by atoms with E-state index in [-0.39, 0.29) is 0 Å². The van der Waals surface area contributed by atoms with Crippen LogP contribution < -0.4 is 4.90 Å². The number of aryl methyl sites for hydroxylation is 2. The van der Waals surface area contributed by atoms with Gasteiger partial charge in [-0.15, -0.1) is 11.3 Å². The molecule has 2 heteroatoms. The fourth-order valence-electron chi connectivity index (χ4n) is 1.77. The van der Waals surface area contributed by atoms with Crippen LogP contribution in [0.5, 0.6) is 0 Å². The average molecular weight is 227 g/mol. The number of nitrogens with zero attached hydrogens (tertiary/aromatic N) is 1. The van der Waals surface area contributed by atoms with Crippen molar-refractivity contribution >= 4 is 17.0 Å². The summed E-state index contributed by atoms with van der Waals surface area (Å²) in [6.45, 7) is 11.4. The fraction of sp³-hybridized carbons (Fsp3) is 0.692. The van der Waals surface area contributed by atoms with Crippen molar-refractivity contribution in [2.24, 2.45) is 0 Å². The van der Waals surface area contributed by atoms with Crippen LogP contribution in [0.25, 0.3) is 0 Å². The maximum Gasteiger partial charge on any atom is 0.0534 e. The van der Waals surface area contributed by atoms with Crippen LogP contribution in [0.15, 0.2) is 5.38 Å². The van der Waals surface area contributed by atoms with Gasteiger partial charge in [0.15, 0.2) is 0 Å². The Bertz CT molecular complexity index is 265. The first-order chi connectivity index (χ1) is 7.29. The van der Waals surface area contributed by atoms with Crippen LogP contribution in [-0.2, 0) is 6.42 Å². The van der Waals surface area contributed by atoms with E-state index >= 15 is 0 Å². The second kappa shape index (κ2) is 7.75. The quantitative estimate of drug-likeness (QED) is 0.631. The highest BCUT2D eigenvalue weighted by atomic mass is 32.1. The highest BCUT2D eigenvalue weighted by Crippen LogP contribution is 2.34. The maximum atomic E-state index is 2.38. The van der Waals surface area contributed by atoms with Crippen molar-refractivity contribution in [3.05, 3.63) is 15.8 Å². The Labute approximate surface area is 99.1 Å². The number of thiophene rings is 1. The summed E-state index contributed by atoms with van der Waals surface area (Å²) in [6, 6.07) is 0. The molecule has 0 unspecified atom stereocenters. The van der Waals surface area contributed by atoms with Crippen LogP contribution >= 0.6 is 11.3 Å². The van der Waals surface area contributed by atoms with Crippen LogP contribution in [0.1, 0.15) is 44.6 Å². The SMILES string of the molecule is CC.CC.Cc1csc2c1N(C)CCC2. The van der Waals surface area contributed by atoms with Gasteiger partial charge >= 0.3 is 0 Å². The topological polar surface area (TPSA) is 3.24 Å². The molecule has 2 heterocycles. The molecular weight excluding hydrogens is 202 g/mol. The van der Waals surface area contributed by atoms with Crippen molar-refractivity contribution in [3.8, 4) is 0 Å². The summed E-state index contributed by atoms with van der Waals surface area (Å²) in [5.41, 5.74) is 2.95. The Balaban J connectivity index is 0.000000442. The first-order valence-electron chi connectivity index (χ1n) is 6.07. The molecule has 0 aromatic carbocycles. The predicted octanol–water partition coefficient (Wildman–Crippen LogP) is 4.49. The molecule has 0 saturated carbocycles. The van der Waals surface area contributed by atoms with E-state index in [2.05, 4.69) is 24.3 Å². The summed E-state index contributed by atoms with van der Waals surface area (Å²) in [5, 5.41) is 2.27. The lowest BCUT2D eigenvalue weighted by Crippen LogP contribution is -2.23. The zero-order chi connectivity index (χ0) is 11.8. The van der Waals surface area contributed by atoms with Gasteiger partial charge in [-0.2, -0.15) is 0 Å². The molecule has 0 fully saturated rings. The van der Waals surface area contributed by atoms with E-state index in [4.69, 9.17) is 0 Å². The monoisotopic (exact) mass is 227 g/mol. The molecule has 0 spiro atoms. The van der Waals surface area contributed by atoms with Gasteiger partial charge in [-0.1, -0.05) is 27.7 Å². The number of fused-ring (bicyclic) bond motifs is 1. The Morgan fingerprint density at radius 1 is 1.20 bits per heavy atom. The maximum absolute atomic E-state index is 2.38. The summed E-state index contributed by atoms with van der Waals surface area (Å²) in [6.07, 6.45) is 2.61. The molecule has 0 bridgehead atoms. The molecule has 0 N–H and O–H groups in total. The van der Waals surface area contributed by atoms with E-state index in [9.17, 15) is 0 Å². The molecule has 2 rings (SSSR count). The van der Waals surface area contributed by atoms with Crippen molar-refractivity contribution in [1.29, 1.82) is 0 Å². The Kier molecular flexibility index (Phi) is 7.49. The minimum absolute atomic E-state index is 1.23. The molecule has 15 heavy (non-hydrogen) atoms. The summed E-state index contributed by atoms with van der Waals surface area (Å²) in [4.78, 5) is 3.96. The van der Waals surface area contributed by atoms with Crippen LogP contribution in [0.4, 0.5) is 5.69 Å². The van der Waals surface area contributed by atoms with Crippen molar-refractivity contribution in [2.45, 2.75) is 47.5 Å². The molecule has 1 aliphatic heterocycles. The van der Waals surface area contributed by atoms with Crippen molar-refractivity contribution in [1.82, 2.24) is 0 Å². The average Bonchev–Trinajstić information content (AvgIpc) is 2.68. The third kappa shape index (κ3) is 3.53. The molecule has 0 atom stereocenters. The molecule has 1 aromatic heterocycles. The first-order valence-corrected chi connectivity index (χ1v) is 6.95. The van der Waals surface area contributed by atoms with Gasteiger partial charge in [0, 0.05) is 18.5 Å². The number of rotatable bonds is 0. The lowest BCUT2D eigenvalue weighted by molar-refractivity contribution is 0.754. The van der Waals surface area contributed by atoms with E-state index in [0.29, 0.717) is 0 Å². The van der Waals surface area contributed by atoms with Crippen molar-refractivity contribution in [2.75, 3.05) is 18.5 Å². The molecule has 0 saturated heterocycles.